The number of carbonyl (C=O) groups excluding carboxylic acids is 1. The molecule has 0 saturated heterocycles. The molecule has 2 aromatic rings. The Bertz CT molecular complexity index is 750. The van der Waals surface area contributed by atoms with Crippen molar-refractivity contribution in [3.63, 3.8) is 0 Å². The average Bonchev–Trinajstić information content (AvgIpc) is 2.62. The number of rotatable bonds is 9. The number of methoxy groups -OCH3 is 1. The minimum Gasteiger partial charge on any atom is -0.383 e. The number of hydrogen-bond acceptors (Lipinski definition) is 5. The Labute approximate surface area is 149 Å². The number of ether oxygens (including phenoxy) is 1. The molecular formula is C17H20FN3O3S. The van der Waals surface area contributed by atoms with E-state index in [0.29, 0.717) is 19.7 Å². The molecule has 6 nitrogen and oxygen atoms in total. The summed E-state index contributed by atoms with van der Waals surface area (Å²) in [7, 11) is 1.53. The molecule has 0 saturated carbocycles. The summed E-state index contributed by atoms with van der Waals surface area (Å²) >= 11 is 1.60. The lowest BCUT2D eigenvalue weighted by Gasteiger charge is -2.07. The van der Waals surface area contributed by atoms with Gasteiger partial charge in [0, 0.05) is 24.6 Å². The Morgan fingerprint density at radius 3 is 2.76 bits per heavy atom. The van der Waals surface area contributed by atoms with Gasteiger partial charge in [-0.15, -0.1) is 11.8 Å². The molecule has 1 aromatic heterocycles. The third kappa shape index (κ3) is 6.32. The van der Waals surface area contributed by atoms with Gasteiger partial charge in [-0.3, -0.25) is 9.59 Å². The molecule has 1 amide bonds. The molecule has 1 N–H and O–H groups in total. The molecule has 0 unspecified atom stereocenters. The van der Waals surface area contributed by atoms with Gasteiger partial charge >= 0.3 is 0 Å². The van der Waals surface area contributed by atoms with Gasteiger partial charge in [-0.1, -0.05) is 0 Å². The van der Waals surface area contributed by atoms with Gasteiger partial charge in [0.25, 0.3) is 11.5 Å². The molecule has 0 fully saturated rings. The molecule has 0 radical (unpaired) electrons. The normalized spacial score (nSPS) is 10.6. The van der Waals surface area contributed by atoms with Crippen molar-refractivity contribution >= 4 is 17.7 Å². The van der Waals surface area contributed by atoms with E-state index in [-0.39, 0.29) is 23.0 Å². The lowest BCUT2D eigenvalue weighted by atomic mass is 10.3. The van der Waals surface area contributed by atoms with E-state index in [2.05, 4.69) is 10.4 Å². The van der Waals surface area contributed by atoms with E-state index >= 15 is 0 Å². The number of benzene rings is 1. The molecule has 0 atom stereocenters. The highest BCUT2D eigenvalue weighted by Gasteiger charge is 2.09. The van der Waals surface area contributed by atoms with E-state index in [0.717, 1.165) is 17.1 Å². The first-order valence-electron chi connectivity index (χ1n) is 7.84. The van der Waals surface area contributed by atoms with Crippen LogP contribution in [-0.4, -0.2) is 41.7 Å². The molecule has 1 heterocycles. The van der Waals surface area contributed by atoms with Crippen molar-refractivity contribution in [3.8, 4) is 0 Å². The third-order valence-corrected chi connectivity index (χ3v) is 4.39. The summed E-state index contributed by atoms with van der Waals surface area (Å²) in [5, 5.41) is 6.81. The van der Waals surface area contributed by atoms with Crippen molar-refractivity contribution in [1.29, 1.82) is 0 Å². The van der Waals surface area contributed by atoms with Crippen LogP contribution in [0.1, 0.15) is 16.9 Å². The molecule has 0 bridgehead atoms. The number of thioether (sulfide) groups is 1. The number of hydrogen-bond donors (Lipinski definition) is 1. The van der Waals surface area contributed by atoms with Gasteiger partial charge in [-0.05, 0) is 42.5 Å². The Hall–Kier alpha value is -2.19. The van der Waals surface area contributed by atoms with Crippen LogP contribution < -0.4 is 10.9 Å². The van der Waals surface area contributed by atoms with Crippen molar-refractivity contribution in [2.75, 3.05) is 26.0 Å². The maximum absolute atomic E-state index is 12.8. The van der Waals surface area contributed by atoms with Gasteiger partial charge in [0.15, 0.2) is 0 Å². The van der Waals surface area contributed by atoms with E-state index in [1.807, 2.05) is 0 Å². The molecule has 2 rings (SSSR count). The van der Waals surface area contributed by atoms with Gasteiger partial charge < -0.3 is 10.1 Å². The Kier molecular flexibility index (Phi) is 7.62. The lowest BCUT2D eigenvalue weighted by molar-refractivity contribution is 0.0945. The minimum absolute atomic E-state index is 0.196. The second-order valence-electron chi connectivity index (χ2n) is 5.18. The van der Waals surface area contributed by atoms with E-state index < -0.39 is 0 Å². The largest absolute Gasteiger partial charge is 0.383 e. The van der Waals surface area contributed by atoms with E-state index in [9.17, 15) is 14.0 Å². The fraction of sp³-hybridized carbons (Fsp3) is 0.353. The fourth-order valence-electron chi connectivity index (χ4n) is 1.99. The molecule has 25 heavy (non-hydrogen) atoms. The summed E-state index contributed by atoms with van der Waals surface area (Å²) in [6, 6.07) is 9.04. The quantitative estimate of drug-likeness (QED) is 0.543. The van der Waals surface area contributed by atoms with Crippen molar-refractivity contribution < 1.29 is 13.9 Å². The van der Waals surface area contributed by atoms with Crippen LogP contribution in [0.25, 0.3) is 0 Å². The molecule has 0 aliphatic heterocycles. The zero-order valence-electron chi connectivity index (χ0n) is 13.9. The van der Waals surface area contributed by atoms with Crippen LogP contribution in [0, 0.1) is 5.82 Å². The highest BCUT2D eigenvalue weighted by molar-refractivity contribution is 7.99. The number of nitrogens with one attached hydrogen (secondary N) is 1. The van der Waals surface area contributed by atoms with Crippen LogP contribution >= 0.6 is 11.8 Å². The minimum atomic E-state index is -0.321. The maximum Gasteiger partial charge on any atom is 0.271 e. The van der Waals surface area contributed by atoms with Crippen molar-refractivity contribution in [1.82, 2.24) is 15.1 Å². The van der Waals surface area contributed by atoms with Gasteiger partial charge in [0.2, 0.25) is 0 Å². The van der Waals surface area contributed by atoms with Crippen molar-refractivity contribution in [2.24, 2.45) is 0 Å². The summed E-state index contributed by atoms with van der Waals surface area (Å²) in [6.07, 6.45) is 0.761. The second kappa shape index (κ2) is 9.95. The van der Waals surface area contributed by atoms with Gasteiger partial charge in [0.05, 0.1) is 13.2 Å². The molecule has 134 valence electrons. The van der Waals surface area contributed by atoms with Crippen LogP contribution in [0.3, 0.4) is 0 Å². The van der Waals surface area contributed by atoms with Gasteiger partial charge in [-0.2, -0.15) is 5.10 Å². The summed E-state index contributed by atoms with van der Waals surface area (Å²) < 4.78 is 18.9. The highest BCUT2D eigenvalue weighted by Crippen LogP contribution is 2.18. The number of aromatic nitrogens is 2. The average molecular weight is 365 g/mol. The van der Waals surface area contributed by atoms with E-state index in [4.69, 9.17) is 4.74 Å². The molecular weight excluding hydrogens is 345 g/mol. The third-order valence-electron chi connectivity index (χ3n) is 3.30. The van der Waals surface area contributed by atoms with E-state index in [1.54, 1.807) is 23.9 Å². The molecule has 0 spiro atoms. The monoisotopic (exact) mass is 365 g/mol. The van der Waals surface area contributed by atoms with Crippen LogP contribution in [0.2, 0.25) is 0 Å². The topological polar surface area (TPSA) is 73.2 Å². The molecule has 0 aliphatic rings. The molecule has 8 heteroatoms. The zero-order valence-corrected chi connectivity index (χ0v) is 14.7. The first-order chi connectivity index (χ1) is 12.1. The maximum atomic E-state index is 12.8. The standard InChI is InChI=1S/C17H20FN3O3S/c1-24-11-10-21-16(22)8-7-15(20-21)17(23)19-9-2-12-25-14-5-3-13(18)4-6-14/h3-8H,2,9-12H2,1H3,(H,19,23). The van der Waals surface area contributed by atoms with Crippen LogP contribution in [0.5, 0.6) is 0 Å². The number of nitrogens with zero attached hydrogens (tertiary/aromatic N) is 2. The number of amides is 1. The summed E-state index contributed by atoms with van der Waals surface area (Å²) in [5.74, 6) is 0.223. The Morgan fingerprint density at radius 1 is 1.28 bits per heavy atom. The first-order valence-corrected chi connectivity index (χ1v) is 8.82. The SMILES string of the molecule is COCCn1nc(C(=O)NCCCSc2ccc(F)cc2)ccc1=O. The summed E-state index contributed by atoms with van der Waals surface area (Å²) in [5.41, 5.74) is -0.0776. The summed E-state index contributed by atoms with van der Waals surface area (Å²) in [6.45, 7) is 1.13. The van der Waals surface area contributed by atoms with Crippen LogP contribution in [0.4, 0.5) is 4.39 Å². The smallest absolute Gasteiger partial charge is 0.271 e. The molecule has 0 aliphatic carbocycles. The van der Waals surface area contributed by atoms with Crippen molar-refractivity contribution in [3.05, 3.63) is 58.3 Å². The van der Waals surface area contributed by atoms with Crippen LogP contribution in [0.15, 0.2) is 46.1 Å². The van der Waals surface area contributed by atoms with Crippen molar-refractivity contribution in [2.45, 2.75) is 17.9 Å². The van der Waals surface area contributed by atoms with Crippen LogP contribution in [-0.2, 0) is 11.3 Å². The number of halogens is 1. The fourth-order valence-corrected chi connectivity index (χ4v) is 2.85. The van der Waals surface area contributed by atoms with Gasteiger partial charge in [-0.25, -0.2) is 9.07 Å². The predicted octanol–water partition coefficient (Wildman–Crippen LogP) is 1.94. The van der Waals surface area contributed by atoms with Gasteiger partial charge in [0.1, 0.15) is 11.5 Å². The Morgan fingerprint density at radius 2 is 2.04 bits per heavy atom. The zero-order chi connectivity index (χ0) is 18.1. The highest BCUT2D eigenvalue weighted by atomic mass is 32.2. The lowest BCUT2D eigenvalue weighted by Crippen LogP contribution is -2.31. The second-order valence-corrected chi connectivity index (χ2v) is 6.35. The summed E-state index contributed by atoms with van der Waals surface area (Å²) in [4.78, 5) is 24.7. The Balaban J connectivity index is 1.76. The van der Waals surface area contributed by atoms with E-state index in [1.165, 1.54) is 36.1 Å². The predicted molar refractivity (Wildman–Crippen MR) is 94.4 cm³/mol. The number of carbonyl (C=O) groups is 1. The first kappa shape index (κ1) is 19.1. The molecule has 1 aromatic carbocycles.